The Kier molecular flexibility index (Phi) is 6.01. The van der Waals surface area contributed by atoms with E-state index in [4.69, 9.17) is 16.1 Å². The van der Waals surface area contributed by atoms with Crippen LogP contribution in [0.3, 0.4) is 0 Å². The van der Waals surface area contributed by atoms with E-state index in [1.54, 1.807) is 0 Å². The van der Waals surface area contributed by atoms with Crippen LogP contribution >= 0.6 is 23.4 Å². The van der Waals surface area contributed by atoms with E-state index in [1.165, 1.54) is 11.8 Å². The van der Waals surface area contributed by atoms with Gasteiger partial charge in [-0.1, -0.05) is 47.1 Å². The van der Waals surface area contributed by atoms with Crippen molar-refractivity contribution in [2.24, 2.45) is 0 Å². The van der Waals surface area contributed by atoms with Crippen LogP contribution in [0, 0.1) is 13.8 Å². The largest absolute Gasteiger partial charge is 0.360 e. The van der Waals surface area contributed by atoms with E-state index < -0.39 is 0 Å². The third kappa shape index (κ3) is 4.68. The molecule has 26 heavy (non-hydrogen) atoms. The van der Waals surface area contributed by atoms with Crippen molar-refractivity contribution in [1.29, 1.82) is 0 Å². The Balaban J connectivity index is 1.52. The second-order valence-corrected chi connectivity index (χ2v) is 7.42. The highest BCUT2D eigenvalue weighted by atomic mass is 35.5. The van der Waals surface area contributed by atoms with Crippen LogP contribution < -0.4 is 5.32 Å². The SMILES string of the molecule is Cc1cccc(C)c1NC(=O)CSCc1cc(-c2ccc(Cl)cc2)no1. The lowest BCUT2D eigenvalue weighted by atomic mass is 10.1. The van der Waals surface area contributed by atoms with Crippen molar-refractivity contribution in [3.05, 3.63) is 70.4 Å². The molecular weight excluding hydrogens is 368 g/mol. The molecule has 4 nitrogen and oxygen atoms in total. The molecule has 0 aliphatic carbocycles. The van der Waals surface area contributed by atoms with Gasteiger partial charge in [-0.3, -0.25) is 4.79 Å². The number of hydrogen-bond acceptors (Lipinski definition) is 4. The maximum Gasteiger partial charge on any atom is 0.234 e. The summed E-state index contributed by atoms with van der Waals surface area (Å²) in [5, 5.41) is 7.74. The molecule has 1 aromatic heterocycles. The van der Waals surface area contributed by atoms with Gasteiger partial charge in [-0.2, -0.15) is 0 Å². The Morgan fingerprint density at radius 1 is 1.15 bits per heavy atom. The molecule has 1 heterocycles. The quantitative estimate of drug-likeness (QED) is 0.609. The van der Waals surface area contributed by atoms with E-state index in [0.29, 0.717) is 16.5 Å². The van der Waals surface area contributed by atoms with Crippen molar-refractivity contribution >= 4 is 35.0 Å². The number of hydrogen-bond donors (Lipinski definition) is 1. The van der Waals surface area contributed by atoms with Gasteiger partial charge in [0.05, 0.1) is 11.5 Å². The molecule has 0 aliphatic rings. The van der Waals surface area contributed by atoms with E-state index >= 15 is 0 Å². The summed E-state index contributed by atoms with van der Waals surface area (Å²) in [5.74, 6) is 1.65. The summed E-state index contributed by atoms with van der Waals surface area (Å²) in [5.41, 5.74) is 4.72. The molecule has 0 saturated carbocycles. The number of aromatic nitrogens is 1. The number of thioether (sulfide) groups is 1. The van der Waals surface area contributed by atoms with Crippen molar-refractivity contribution in [3.63, 3.8) is 0 Å². The lowest BCUT2D eigenvalue weighted by molar-refractivity contribution is -0.113. The summed E-state index contributed by atoms with van der Waals surface area (Å²) in [4.78, 5) is 12.2. The predicted octanol–water partition coefficient (Wildman–Crippen LogP) is 5.48. The number of amides is 1. The summed E-state index contributed by atoms with van der Waals surface area (Å²) in [7, 11) is 0. The zero-order chi connectivity index (χ0) is 18.5. The molecular formula is C20H19ClN2O2S. The van der Waals surface area contributed by atoms with Crippen LogP contribution in [-0.2, 0) is 10.5 Å². The van der Waals surface area contributed by atoms with Gasteiger partial charge in [0.2, 0.25) is 5.91 Å². The highest BCUT2D eigenvalue weighted by molar-refractivity contribution is 7.99. The molecule has 2 aromatic carbocycles. The number of halogens is 1. The van der Waals surface area contributed by atoms with E-state index in [9.17, 15) is 4.79 Å². The number of anilines is 1. The second-order valence-electron chi connectivity index (χ2n) is 5.99. The maximum absolute atomic E-state index is 12.2. The van der Waals surface area contributed by atoms with Gasteiger partial charge in [0.1, 0.15) is 11.5 Å². The molecule has 0 bridgehead atoms. The van der Waals surface area contributed by atoms with Crippen molar-refractivity contribution in [1.82, 2.24) is 5.16 Å². The minimum absolute atomic E-state index is 0.0233. The average Bonchev–Trinajstić information content (AvgIpc) is 3.08. The number of nitrogens with one attached hydrogen (secondary N) is 1. The van der Waals surface area contributed by atoms with Crippen LogP contribution in [-0.4, -0.2) is 16.8 Å². The summed E-state index contributed by atoms with van der Waals surface area (Å²) < 4.78 is 5.35. The Hall–Kier alpha value is -2.24. The lowest BCUT2D eigenvalue weighted by Crippen LogP contribution is -2.15. The first-order chi connectivity index (χ1) is 12.5. The first-order valence-electron chi connectivity index (χ1n) is 8.18. The van der Waals surface area contributed by atoms with Gasteiger partial charge >= 0.3 is 0 Å². The molecule has 3 aromatic rings. The number of benzene rings is 2. The first kappa shape index (κ1) is 18.5. The molecule has 0 radical (unpaired) electrons. The predicted molar refractivity (Wildman–Crippen MR) is 108 cm³/mol. The Bertz CT molecular complexity index is 886. The fraction of sp³-hybridized carbons (Fsp3) is 0.200. The number of rotatable bonds is 6. The Morgan fingerprint density at radius 2 is 1.85 bits per heavy atom. The monoisotopic (exact) mass is 386 g/mol. The fourth-order valence-electron chi connectivity index (χ4n) is 2.57. The molecule has 1 N–H and O–H groups in total. The van der Waals surface area contributed by atoms with E-state index in [-0.39, 0.29) is 5.91 Å². The number of carbonyl (C=O) groups is 1. The molecule has 3 rings (SSSR count). The van der Waals surface area contributed by atoms with Gasteiger partial charge in [-0.05, 0) is 37.1 Å². The van der Waals surface area contributed by atoms with E-state index in [0.717, 1.165) is 33.8 Å². The van der Waals surface area contributed by atoms with Crippen molar-refractivity contribution in [2.45, 2.75) is 19.6 Å². The number of carbonyl (C=O) groups excluding carboxylic acids is 1. The minimum atomic E-state index is -0.0233. The molecule has 134 valence electrons. The molecule has 0 saturated heterocycles. The van der Waals surface area contributed by atoms with Gasteiger partial charge in [-0.25, -0.2) is 0 Å². The molecule has 0 spiro atoms. The van der Waals surface area contributed by atoms with E-state index in [1.807, 2.05) is 62.4 Å². The number of para-hydroxylation sites is 1. The Labute approximate surface area is 161 Å². The van der Waals surface area contributed by atoms with Gasteiger partial charge in [-0.15, -0.1) is 11.8 Å². The molecule has 1 amide bonds. The molecule has 0 unspecified atom stereocenters. The van der Waals surface area contributed by atoms with E-state index in [2.05, 4.69) is 10.5 Å². The summed E-state index contributed by atoms with van der Waals surface area (Å²) in [6, 6.07) is 15.3. The summed E-state index contributed by atoms with van der Waals surface area (Å²) in [6.45, 7) is 3.98. The lowest BCUT2D eigenvalue weighted by Gasteiger charge is -2.10. The zero-order valence-electron chi connectivity index (χ0n) is 14.6. The van der Waals surface area contributed by atoms with Crippen molar-refractivity contribution in [3.8, 4) is 11.3 Å². The third-order valence-corrected chi connectivity index (χ3v) is 5.13. The van der Waals surface area contributed by atoms with Crippen molar-refractivity contribution < 1.29 is 9.32 Å². The highest BCUT2D eigenvalue weighted by Crippen LogP contribution is 2.24. The summed E-state index contributed by atoms with van der Waals surface area (Å²) in [6.07, 6.45) is 0. The highest BCUT2D eigenvalue weighted by Gasteiger charge is 2.10. The topological polar surface area (TPSA) is 55.1 Å². The van der Waals surface area contributed by atoms with Gasteiger partial charge < -0.3 is 9.84 Å². The molecule has 0 aliphatic heterocycles. The average molecular weight is 387 g/mol. The Morgan fingerprint density at radius 3 is 2.54 bits per heavy atom. The van der Waals surface area contributed by atoms with Gasteiger partial charge in [0.15, 0.2) is 0 Å². The smallest absolute Gasteiger partial charge is 0.234 e. The first-order valence-corrected chi connectivity index (χ1v) is 9.71. The minimum Gasteiger partial charge on any atom is -0.360 e. The van der Waals surface area contributed by atoms with Crippen LogP contribution in [0.15, 0.2) is 53.1 Å². The normalized spacial score (nSPS) is 10.7. The van der Waals surface area contributed by atoms with Crippen LogP contribution in [0.25, 0.3) is 11.3 Å². The van der Waals surface area contributed by atoms with Gasteiger partial charge in [0.25, 0.3) is 0 Å². The summed E-state index contributed by atoms with van der Waals surface area (Å²) >= 11 is 7.38. The van der Waals surface area contributed by atoms with Gasteiger partial charge in [0, 0.05) is 22.3 Å². The standard InChI is InChI=1S/C20H19ClN2O2S/c1-13-4-3-5-14(2)20(13)22-19(24)12-26-11-17-10-18(23-25-17)15-6-8-16(21)9-7-15/h3-10H,11-12H2,1-2H3,(H,22,24). The molecule has 0 fully saturated rings. The maximum atomic E-state index is 12.2. The third-order valence-electron chi connectivity index (χ3n) is 3.92. The van der Waals surface area contributed by atoms with Crippen LogP contribution in [0.4, 0.5) is 5.69 Å². The fourth-order valence-corrected chi connectivity index (χ4v) is 3.39. The van der Waals surface area contributed by atoms with Crippen LogP contribution in [0.2, 0.25) is 5.02 Å². The molecule has 6 heteroatoms. The second kappa shape index (κ2) is 8.43. The number of nitrogens with zero attached hydrogens (tertiary/aromatic N) is 1. The molecule has 0 atom stereocenters. The zero-order valence-corrected chi connectivity index (χ0v) is 16.2. The van der Waals surface area contributed by atoms with Crippen molar-refractivity contribution in [2.75, 3.05) is 11.1 Å². The van der Waals surface area contributed by atoms with Crippen LogP contribution in [0.5, 0.6) is 0 Å². The van der Waals surface area contributed by atoms with Crippen LogP contribution in [0.1, 0.15) is 16.9 Å². The number of aryl methyl sites for hydroxylation is 2.